The summed E-state index contributed by atoms with van der Waals surface area (Å²) in [5.41, 5.74) is 7.43. The van der Waals surface area contributed by atoms with E-state index in [1.807, 2.05) is 0 Å². The molecule has 0 aromatic heterocycles. The molecule has 0 bridgehead atoms. The van der Waals surface area contributed by atoms with Crippen LogP contribution >= 0.6 is 15.9 Å². The van der Waals surface area contributed by atoms with E-state index in [9.17, 15) is 0 Å². The Kier molecular flexibility index (Phi) is 4.26. The molecule has 0 spiro atoms. The Hall–Kier alpha value is -0.630. The second-order valence-corrected chi connectivity index (χ2v) is 8.64. The zero-order valence-corrected chi connectivity index (χ0v) is 16.3. The highest BCUT2D eigenvalue weighted by Crippen LogP contribution is 2.45. The summed E-state index contributed by atoms with van der Waals surface area (Å²) in [5.74, 6) is 0.870. The first-order chi connectivity index (χ1) is 10.3. The third-order valence-corrected chi connectivity index (χ3v) is 7.27. The molecule has 1 aromatic carbocycles. The van der Waals surface area contributed by atoms with Gasteiger partial charge in [0.15, 0.2) is 12.3 Å². The normalized spacial score (nSPS) is 21.4. The van der Waals surface area contributed by atoms with E-state index in [1.54, 1.807) is 0 Å². The van der Waals surface area contributed by atoms with Crippen LogP contribution in [-0.4, -0.2) is 16.8 Å². The van der Waals surface area contributed by atoms with E-state index in [0.29, 0.717) is 0 Å². The lowest BCUT2D eigenvalue weighted by molar-refractivity contribution is -0.449. The van der Waals surface area contributed by atoms with E-state index < -0.39 is 0 Å². The van der Waals surface area contributed by atoms with Crippen LogP contribution in [0.2, 0.25) is 0 Å². The summed E-state index contributed by atoms with van der Waals surface area (Å²) in [6, 6.07) is 2.40. The molecule has 22 heavy (non-hydrogen) atoms. The number of nitrogens with zero attached hydrogens (tertiary/aromatic N) is 1. The van der Waals surface area contributed by atoms with Crippen LogP contribution < -0.4 is 0 Å². The van der Waals surface area contributed by atoms with Crippen LogP contribution in [0, 0.1) is 19.8 Å². The molecule has 0 atom stereocenters. The van der Waals surface area contributed by atoms with Crippen molar-refractivity contribution < 1.29 is 4.58 Å². The lowest BCUT2D eigenvalue weighted by Gasteiger charge is -2.20. The maximum atomic E-state index is 3.79. The van der Waals surface area contributed by atoms with Gasteiger partial charge >= 0.3 is 0 Å². The highest BCUT2D eigenvalue weighted by Gasteiger charge is 2.45. The first kappa shape index (κ1) is 16.2. The molecule has 2 heteroatoms. The van der Waals surface area contributed by atoms with Crippen LogP contribution in [0.25, 0.3) is 0 Å². The number of benzene rings is 1. The monoisotopic (exact) mass is 362 g/mol. The fourth-order valence-electron chi connectivity index (χ4n) is 4.50. The van der Waals surface area contributed by atoms with Crippen molar-refractivity contribution in [2.75, 3.05) is 6.54 Å². The first-order valence-electron chi connectivity index (χ1n) is 8.75. The molecule has 1 aromatic rings. The second kappa shape index (κ2) is 5.78. The molecule has 1 nitrogen and oxygen atoms in total. The van der Waals surface area contributed by atoms with Crippen LogP contribution in [0.5, 0.6) is 0 Å². The molecule has 0 N–H and O–H groups in total. The Morgan fingerprint density at radius 3 is 2.41 bits per heavy atom. The Balaban J connectivity index is 2.06. The zero-order chi connectivity index (χ0) is 16.1. The van der Waals surface area contributed by atoms with Gasteiger partial charge in [0.1, 0.15) is 0 Å². The number of aryl methyl sites for hydroxylation is 1. The summed E-state index contributed by atoms with van der Waals surface area (Å²) < 4.78 is 3.92. The van der Waals surface area contributed by atoms with Gasteiger partial charge in [-0.3, -0.25) is 0 Å². The molecule has 1 heterocycles. The molecule has 0 radical (unpaired) electrons. The van der Waals surface area contributed by atoms with Gasteiger partial charge in [-0.15, -0.1) is 0 Å². The average molecular weight is 363 g/mol. The van der Waals surface area contributed by atoms with Gasteiger partial charge in [-0.25, -0.2) is 0 Å². The number of hydrogen-bond acceptors (Lipinski definition) is 0. The fraction of sp³-hybridized carbons (Fsp3) is 0.650. The maximum Gasteiger partial charge on any atom is 0.210 e. The SMILES string of the molecule is CC1=[N+](CC2CCCCC2)c2cc(C)c(Br)c(C)c2C1(C)C. The van der Waals surface area contributed by atoms with Crippen molar-refractivity contribution in [1.82, 2.24) is 0 Å². The summed E-state index contributed by atoms with van der Waals surface area (Å²) in [5, 5.41) is 0. The van der Waals surface area contributed by atoms with Crippen molar-refractivity contribution in [2.45, 2.75) is 72.1 Å². The quantitative estimate of drug-likeness (QED) is 0.563. The number of fused-ring (bicyclic) bond motifs is 1. The molecule has 2 aliphatic rings. The van der Waals surface area contributed by atoms with E-state index in [1.165, 1.54) is 71.2 Å². The molecule has 1 aliphatic heterocycles. The van der Waals surface area contributed by atoms with Gasteiger partial charge in [0.25, 0.3) is 0 Å². The highest BCUT2D eigenvalue weighted by atomic mass is 79.9. The van der Waals surface area contributed by atoms with E-state index in [2.05, 4.69) is 61.2 Å². The summed E-state index contributed by atoms with van der Waals surface area (Å²) in [7, 11) is 0. The molecule has 120 valence electrons. The van der Waals surface area contributed by atoms with Crippen molar-refractivity contribution >= 4 is 27.3 Å². The predicted octanol–water partition coefficient (Wildman–Crippen LogP) is 6.04. The lowest BCUT2D eigenvalue weighted by Crippen LogP contribution is -2.29. The van der Waals surface area contributed by atoms with Crippen molar-refractivity contribution in [3.63, 3.8) is 0 Å². The Morgan fingerprint density at radius 1 is 1.14 bits per heavy atom. The van der Waals surface area contributed by atoms with Gasteiger partial charge in [0.05, 0.1) is 5.41 Å². The van der Waals surface area contributed by atoms with Crippen LogP contribution in [0.3, 0.4) is 0 Å². The lowest BCUT2D eigenvalue weighted by atomic mass is 9.79. The van der Waals surface area contributed by atoms with Crippen LogP contribution in [0.1, 0.15) is 69.6 Å². The molecule has 0 unspecified atom stereocenters. The fourth-order valence-corrected chi connectivity index (χ4v) is 4.81. The van der Waals surface area contributed by atoms with E-state index in [0.717, 1.165) is 5.92 Å². The summed E-state index contributed by atoms with van der Waals surface area (Å²) in [4.78, 5) is 0. The molecule has 0 amide bonds. The Morgan fingerprint density at radius 2 is 1.77 bits per heavy atom. The van der Waals surface area contributed by atoms with E-state index >= 15 is 0 Å². The van der Waals surface area contributed by atoms with Gasteiger partial charge in [-0.05, 0) is 51.7 Å². The Bertz CT molecular complexity index is 634. The molecule has 1 aliphatic carbocycles. The van der Waals surface area contributed by atoms with Crippen molar-refractivity contribution in [3.8, 4) is 0 Å². The zero-order valence-electron chi connectivity index (χ0n) is 14.7. The van der Waals surface area contributed by atoms with Gasteiger partial charge in [-0.1, -0.05) is 35.2 Å². The summed E-state index contributed by atoms with van der Waals surface area (Å²) in [6.45, 7) is 12.8. The van der Waals surface area contributed by atoms with Crippen molar-refractivity contribution in [1.29, 1.82) is 0 Å². The highest BCUT2D eigenvalue weighted by molar-refractivity contribution is 9.10. The van der Waals surface area contributed by atoms with Crippen LogP contribution in [0.15, 0.2) is 10.5 Å². The third-order valence-electron chi connectivity index (χ3n) is 6.05. The standard InChI is InChI=1S/C20H29BrN/c1-13-11-17-18(14(2)19(13)21)20(4,5)15(3)22(17)12-16-9-7-6-8-10-16/h11,16H,6-10,12H2,1-5H3/q+1. The summed E-state index contributed by atoms with van der Waals surface area (Å²) in [6.07, 6.45) is 7.10. The van der Waals surface area contributed by atoms with Gasteiger partial charge in [0, 0.05) is 28.9 Å². The minimum Gasteiger partial charge on any atom is -0.199 e. The molecular weight excluding hydrogens is 334 g/mol. The molecule has 1 saturated carbocycles. The average Bonchev–Trinajstić information content (AvgIpc) is 2.67. The van der Waals surface area contributed by atoms with Gasteiger partial charge in [-0.2, -0.15) is 4.58 Å². The van der Waals surface area contributed by atoms with Crippen LogP contribution in [0.4, 0.5) is 5.69 Å². The first-order valence-corrected chi connectivity index (χ1v) is 9.55. The maximum absolute atomic E-state index is 3.79. The minimum atomic E-state index is 0.143. The Labute approximate surface area is 144 Å². The topological polar surface area (TPSA) is 3.01 Å². The smallest absolute Gasteiger partial charge is 0.199 e. The number of halogens is 1. The molecular formula is C20H29BrN+. The van der Waals surface area contributed by atoms with E-state index in [-0.39, 0.29) is 5.41 Å². The molecule has 1 fully saturated rings. The molecule has 0 saturated heterocycles. The molecule has 3 rings (SSSR count). The largest absolute Gasteiger partial charge is 0.210 e. The summed E-state index contributed by atoms with van der Waals surface area (Å²) >= 11 is 3.79. The van der Waals surface area contributed by atoms with Gasteiger partial charge in [0.2, 0.25) is 5.69 Å². The van der Waals surface area contributed by atoms with Crippen molar-refractivity contribution in [3.05, 3.63) is 27.2 Å². The van der Waals surface area contributed by atoms with E-state index in [4.69, 9.17) is 0 Å². The van der Waals surface area contributed by atoms with Crippen LogP contribution in [-0.2, 0) is 5.41 Å². The number of rotatable bonds is 2. The number of hydrogen-bond donors (Lipinski definition) is 0. The third kappa shape index (κ3) is 2.48. The predicted molar refractivity (Wildman–Crippen MR) is 98.7 cm³/mol. The van der Waals surface area contributed by atoms with Gasteiger partial charge < -0.3 is 0 Å². The second-order valence-electron chi connectivity index (χ2n) is 7.85. The van der Waals surface area contributed by atoms with Crippen molar-refractivity contribution in [2.24, 2.45) is 5.92 Å². The minimum absolute atomic E-state index is 0.143.